The topological polar surface area (TPSA) is 46.5 Å². The molecule has 0 saturated heterocycles. The van der Waals surface area contributed by atoms with Gasteiger partial charge in [0.2, 0.25) is 0 Å². The molecule has 0 unspecified atom stereocenters. The van der Waals surface area contributed by atoms with Gasteiger partial charge in [0, 0.05) is 17.7 Å². The summed E-state index contributed by atoms with van der Waals surface area (Å²) in [6.07, 6.45) is 3.06. The fraction of sp³-hybridized carbons (Fsp3) is 0.500. The molecule has 5 heteroatoms. The van der Waals surface area contributed by atoms with Crippen LogP contribution in [0.4, 0.5) is 8.78 Å². The van der Waals surface area contributed by atoms with E-state index in [1.54, 1.807) is 0 Å². The van der Waals surface area contributed by atoms with Gasteiger partial charge in [-0.2, -0.15) is 0 Å². The van der Waals surface area contributed by atoms with Gasteiger partial charge in [-0.3, -0.25) is 4.79 Å². The van der Waals surface area contributed by atoms with Crippen LogP contribution < -0.4 is 4.74 Å². The lowest BCUT2D eigenvalue weighted by Gasteiger charge is -2.34. The summed E-state index contributed by atoms with van der Waals surface area (Å²) in [4.78, 5) is 11.7. The van der Waals surface area contributed by atoms with Gasteiger partial charge in [0.15, 0.2) is 0 Å². The number of carboxylic acid groups (broad SMARTS) is 1. The lowest BCUT2D eigenvalue weighted by atomic mass is 9.69. The van der Waals surface area contributed by atoms with Crippen molar-refractivity contribution in [1.82, 2.24) is 0 Å². The van der Waals surface area contributed by atoms with Crippen molar-refractivity contribution >= 4 is 5.97 Å². The highest BCUT2D eigenvalue weighted by Crippen LogP contribution is 2.45. The average molecular weight is 270 g/mol. The van der Waals surface area contributed by atoms with Gasteiger partial charge in [0.25, 0.3) is 0 Å². The number of hydrogen-bond donors (Lipinski definition) is 1. The molecule has 0 atom stereocenters. The highest BCUT2D eigenvalue weighted by molar-refractivity contribution is 5.82. The number of ether oxygens (including phenoxy) is 1. The predicted octanol–water partition coefficient (Wildman–Crippen LogP) is 3.26. The Balaban J connectivity index is 2.62. The zero-order chi connectivity index (χ0) is 14.0. The van der Waals surface area contributed by atoms with Crippen LogP contribution in [0.2, 0.25) is 0 Å². The molecule has 1 aromatic carbocycles. The monoisotopic (exact) mass is 270 g/mol. The zero-order valence-corrected chi connectivity index (χ0v) is 10.7. The number of rotatable bonds is 3. The average Bonchev–Trinajstić information content (AvgIpc) is 2.38. The number of benzene rings is 1. The van der Waals surface area contributed by atoms with Crippen molar-refractivity contribution in [2.24, 2.45) is 0 Å². The first-order valence-electron chi connectivity index (χ1n) is 6.28. The number of halogens is 2. The largest absolute Gasteiger partial charge is 0.496 e. The molecule has 0 radical (unpaired) electrons. The number of aliphatic carboxylic acids is 1. The van der Waals surface area contributed by atoms with E-state index in [0.717, 1.165) is 18.6 Å². The van der Waals surface area contributed by atoms with Gasteiger partial charge < -0.3 is 9.84 Å². The summed E-state index contributed by atoms with van der Waals surface area (Å²) in [6, 6.07) is 1.76. The van der Waals surface area contributed by atoms with Crippen molar-refractivity contribution in [3.05, 3.63) is 29.3 Å². The molecule has 2 rings (SSSR count). The third-order valence-electron chi connectivity index (χ3n) is 3.83. The van der Waals surface area contributed by atoms with Crippen molar-refractivity contribution in [2.75, 3.05) is 7.11 Å². The molecule has 1 aliphatic rings. The molecule has 19 heavy (non-hydrogen) atoms. The van der Waals surface area contributed by atoms with E-state index in [4.69, 9.17) is 4.74 Å². The Morgan fingerprint density at radius 1 is 1.26 bits per heavy atom. The minimum Gasteiger partial charge on any atom is -0.496 e. The van der Waals surface area contributed by atoms with Crippen molar-refractivity contribution in [3.63, 3.8) is 0 Å². The van der Waals surface area contributed by atoms with Gasteiger partial charge in [-0.1, -0.05) is 19.3 Å². The molecule has 0 spiro atoms. The third kappa shape index (κ3) is 2.29. The lowest BCUT2D eigenvalue weighted by Crippen LogP contribution is -2.39. The Kier molecular flexibility index (Phi) is 3.73. The number of carboxylic acids is 1. The predicted molar refractivity (Wildman–Crippen MR) is 65.3 cm³/mol. The normalized spacial score (nSPS) is 18.1. The van der Waals surface area contributed by atoms with Crippen molar-refractivity contribution in [3.8, 4) is 5.75 Å². The molecular formula is C14H16F2O3. The first kappa shape index (κ1) is 13.8. The Morgan fingerprint density at radius 3 is 2.42 bits per heavy atom. The van der Waals surface area contributed by atoms with Gasteiger partial charge in [-0.25, -0.2) is 8.78 Å². The fourth-order valence-electron chi connectivity index (χ4n) is 2.90. The SMILES string of the molecule is COc1cc(F)cc(F)c1C1(C(=O)O)CCCCC1. The highest BCUT2D eigenvalue weighted by Gasteiger charge is 2.45. The molecule has 0 aliphatic heterocycles. The van der Waals surface area contributed by atoms with E-state index in [0.29, 0.717) is 25.7 Å². The summed E-state index contributed by atoms with van der Waals surface area (Å²) in [5.41, 5.74) is -1.33. The Hall–Kier alpha value is -1.65. The maximum Gasteiger partial charge on any atom is 0.314 e. The van der Waals surface area contributed by atoms with Crippen LogP contribution in [0.5, 0.6) is 5.75 Å². The van der Waals surface area contributed by atoms with Gasteiger partial charge in [0.05, 0.1) is 12.5 Å². The van der Waals surface area contributed by atoms with Gasteiger partial charge in [-0.05, 0) is 12.8 Å². The minimum absolute atomic E-state index is 0.0244. The first-order valence-corrected chi connectivity index (χ1v) is 6.28. The molecule has 1 fully saturated rings. The second kappa shape index (κ2) is 5.15. The second-order valence-corrected chi connectivity index (χ2v) is 4.91. The van der Waals surface area contributed by atoms with E-state index in [-0.39, 0.29) is 11.3 Å². The molecule has 0 heterocycles. The summed E-state index contributed by atoms with van der Waals surface area (Å²) in [5, 5.41) is 9.54. The molecule has 104 valence electrons. The van der Waals surface area contributed by atoms with Crippen LogP contribution >= 0.6 is 0 Å². The molecule has 1 N–H and O–H groups in total. The third-order valence-corrected chi connectivity index (χ3v) is 3.83. The first-order chi connectivity index (χ1) is 9.01. The zero-order valence-electron chi connectivity index (χ0n) is 10.7. The van der Waals surface area contributed by atoms with Crippen LogP contribution in [0.25, 0.3) is 0 Å². The van der Waals surface area contributed by atoms with Crippen LogP contribution in [-0.4, -0.2) is 18.2 Å². The van der Waals surface area contributed by atoms with Crippen molar-refractivity contribution in [2.45, 2.75) is 37.5 Å². The van der Waals surface area contributed by atoms with Crippen LogP contribution in [0.15, 0.2) is 12.1 Å². The number of methoxy groups -OCH3 is 1. The van der Waals surface area contributed by atoms with E-state index in [2.05, 4.69) is 0 Å². The summed E-state index contributed by atoms with van der Waals surface area (Å²) in [5.74, 6) is -2.71. The fourth-order valence-corrected chi connectivity index (χ4v) is 2.90. The van der Waals surface area contributed by atoms with Gasteiger partial charge in [-0.15, -0.1) is 0 Å². The maximum absolute atomic E-state index is 14.1. The van der Waals surface area contributed by atoms with E-state index in [1.165, 1.54) is 7.11 Å². The van der Waals surface area contributed by atoms with Gasteiger partial charge in [0.1, 0.15) is 17.4 Å². The van der Waals surface area contributed by atoms with Crippen molar-refractivity contribution < 1.29 is 23.4 Å². The van der Waals surface area contributed by atoms with Crippen LogP contribution in [0, 0.1) is 11.6 Å². The summed E-state index contributed by atoms with van der Waals surface area (Å²) in [7, 11) is 1.29. The van der Waals surface area contributed by atoms with Crippen LogP contribution in [-0.2, 0) is 10.2 Å². The molecule has 0 amide bonds. The Morgan fingerprint density at radius 2 is 1.89 bits per heavy atom. The molecular weight excluding hydrogens is 254 g/mol. The van der Waals surface area contributed by atoms with Crippen LogP contribution in [0.3, 0.4) is 0 Å². The van der Waals surface area contributed by atoms with Crippen LogP contribution in [0.1, 0.15) is 37.7 Å². The Bertz CT molecular complexity index is 494. The highest BCUT2D eigenvalue weighted by atomic mass is 19.1. The molecule has 3 nitrogen and oxygen atoms in total. The molecule has 1 aliphatic carbocycles. The lowest BCUT2D eigenvalue weighted by molar-refractivity contribution is -0.145. The number of hydrogen-bond acceptors (Lipinski definition) is 2. The standard InChI is InChI=1S/C14H16F2O3/c1-19-11-8-9(15)7-10(16)12(11)14(13(17)18)5-3-2-4-6-14/h7-8H,2-6H2,1H3,(H,17,18). The van der Waals surface area contributed by atoms with E-state index in [9.17, 15) is 18.7 Å². The summed E-state index contributed by atoms with van der Waals surface area (Å²) in [6.45, 7) is 0. The molecule has 0 aromatic heterocycles. The second-order valence-electron chi connectivity index (χ2n) is 4.91. The smallest absolute Gasteiger partial charge is 0.314 e. The summed E-state index contributed by atoms with van der Waals surface area (Å²) < 4.78 is 32.3. The molecule has 1 aromatic rings. The van der Waals surface area contributed by atoms with Crippen molar-refractivity contribution in [1.29, 1.82) is 0 Å². The Labute approximate surface area is 110 Å². The van der Waals surface area contributed by atoms with E-state index >= 15 is 0 Å². The van der Waals surface area contributed by atoms with Gasteiger partial charge >= 0.3 is 5.97 Å². The maximum atomic E-state index is 14.1. The molecule has 0 bridgehead atoms. The molecule has 1 saturated carbocycles. The van der Waals surface area contributed by atoms with E-state index < -0.39 is 23.0 Å². The van der Waals surface area contributed by atoms with E-state index in [1.807, 2.05) is 0 Å². The summed E-state index contributed by atoms with van der Waals surface area (Å²) >= 11 is 0. The number of carbonyl (C=O) groups is 1. The minimum atomic E-state index is -1.30. The quantitative estimate of drug-likeness (QED) is 0.917.